The highest BCUT2D eigenvalue weighted by Crippen LogP contribution is 2.41. The van der Waals surface area contributed by atoms with Gasteiger partial charge in [0.2, 0.25) is 0 Å². The molecule has 3 heterocycles. The number of fused-ring (bicyclic) bond motifs is 3. The van der Waals surface area contributed by atoms with Crippen molar-refractivity contribution in [2.24, 2.45) is 5.92 Å². The van der Waals surface area contributed by atoms with Crippen molar-refractivity contribution in [2.45, 2.75) is 45.1 Å². The first-order valence-electron chi connectivity index (χ1n) is 8.80. The predicted molar refractivity (Wildman–Crippen MR) is 97.5 cm³/mol. The number of hydrogen-bond donors (Lipinski definition) is 0. The summed E-state index contributed by atoms with van der Waals surface area (Å²) in [7, 11) is 4.45. The average molecular weight is 331 g/mol. The van der Waals surface area contributed by atoms with Crippen molar-refractivity contribution >= 4 is 27.4 Å². The van der Waals surface area contributed by atoms with Gasteiger partial charge in [-0.2, -0.15) is 0 Å². The molecule has 0 amide bonds. The topological polar surface area (TPSA) is 32.3 Å². The maximum absolute atomic E-state index is 4.71. The molecule has 0 bridgehead atoms. The molecule has 1 aliphatic heterocycles. The Morgan fingerprint density at radius 1 is 1.22 bits per heavy atom. The highest BCUT2D eigenvalue weighted by Gasteiger charge is 2.27. The summed E-state index contributed by atoms with van der Waals surface area (Å²) in [5.74, 6) is 1.97. The molecule has 1 unspecified atom stereocenters. The summed E-state index contributed by atoms with van der Waals surface area (Å²) < 4.78 is 0. The number of piperidine rings is 1. The Balaban J connectivity index is 1.72. The van der Waals surface area contributed by atoms with E-state index in [1.807, 2.05) is 11.3 Å². The number of rotatable bonds is 2. The van der Waals surface area contributed by atoms with Crippen LogP contribution in [0.15, 0.2) is 6.33 Å². The van der Waals surface area contributed by atoms with Crippen molar-refractivity contribution in [1.29, 1.82) is 0 Å². The summed E-state index contributed by atoms with van der Waals surface area (Å²) in [6.45, 7) is 4.73. The summed E-state index contributed by atoms with van der Waals surface area (Å²) in [5.41, 5.74) is 1.54. The summed E-state index contributed by atoms with van der Waals surface area (Å²) >= 11 is 1.90. The summed E-state index contributed by atoms with van der Waals surface area (Å²) in [4.78, 5) is 16.9. The minimum absolute atomic E-state index is 0.599. The highest BCUT2D eigenvalue weighted by molar-refractivity contribution is 7.19. The molecule has 0 spiro atoms. The molecule has 0 radical (unpaired) electrons. The number of hydrogen-bond acceptors (Lipinski definition) is 5. The van der Waals surface area contributed by atoms with Crippen LogP contribution in [0.5, 0.6) is 0 Å². The molecule has 124 valence electrons. The Kier molecular flexibility index (Phi) is 4.01. The Labute approximate surface area is 142 Å². The molecule has 2 aromatic rings. The fourth-order valence-electron chi connectivity index (χ4n) is 4.08. The minimum Gasteiger partial charge on any atom is -0.356 e. The monoisotopic (exact) mass is 330 g/mol. The Morgan fingerprint density at radius 2 is 2.00 bits per heavy atom. The molecule has 4 rings (SSSR count). The average Bonchev–Trinajstić information content (AvgIpc) is 2.92. The highest BCUT2D eigenvalue weighted by atomic mass is 32.1. The van der Waals surface area contributed by atoms with Gasteiger partial charge in [-0.1, -0.05) is 6.92 Å². The number of anilines is 1. The molecule has 0 saturated carbocycles. The van der Waals surface area contributed by atoms with E-state index < -0.39 is 0 Å². The van der Waals surface area contributed by atoms with E-state index in [0.717, 1.165) is 11.7 Å². The molecule has 0 aromatic carbocycles. The first-order valence-corrected chi connectivity index (χ1v) is 9.61. The zero-order valence-corrected chi connectivity index (χ0v) is 15.2. The van der Waals surface area contributed by atoms with Crippen molar-refractivity contribution in [2.75, 3.05) is 32.1 Å². The molecular formula is C18H26N4S. The van der Waals surface area contributed by atoms with E-state index in [1.54, 1.807) is 16.8 Å². The van der Waals surface area contributed by atoms with E-state index in [4.69, 9.17) is 4.98 Å². The first-order chi connectivity index (χ1) is 11.1. The van der Waals surface area contributed by atoms with Crippen LogP contribution < -0.4 is 4.90 Å². The lowest BCUT2D eigenvalue weighted by Gasteiger charge is -2.36. The zero-order valence-electron chi connectivity index (χ0n) is 14.4. The van der Waals surface area contributed by atoms with Crippen LogP contribution in [0.3, 0.4) is 0 Å². The third-order valence-electron chi connectivity index (χ3n) is 5.64. The van der Waals surface area contributed by atoms with Gasteiger partial charge in [0.15, 0.2) is 0 Å². The van der Waals surface area contributed by atoms with Crippen LogP contribution in [0.1, 0.15) is 36.6 Å². The van der Waals surface area contributed by atoms with Gasteiger partial charge in [-0.05, 0) is 63.7 Å². The second-order valence-electron chi connectivity index (χ2n) is 7.37. The van der Waals surface area contributed by atoms with Gasteiger partial charge in [0.1, 0.15) is 17.0 Å². The van der Waals surface area contributed by atoms with Gasteiger partial charge in [0.25, 0.3) is 0 Å². The molecule has 1 saturated heterocycles. The summed E-state index contributed by atoms with van der Waals surface area (Å²) in [5, 5.41) is 1.35. The van der Waals surface area contributed by atoms with Crippen molar-refractivity contribution in [3.8, 4) is 0 Å². The van der Waals surface area contributed by atoms with Crippen LogP contribution in [0, 0.1) is 5.92 Å². The van der Waals surface area contributed by atoms with Crippen LogP contribution in [0.25, 0.3) is 10.2 Å². The number of thiophene rings is 1. The maximum atomic E-state index is 4.71. The molecule has 23 heavy (non-hydrogen) atoms. The predicted octanol–water partition coefficient (Wildman–Crippen LogP) is 3.35. The number of aromatic nitrogens is 2. The Hall–Kier alpha value is -1.20. The van der Waals surface area contributed by atoms with Gasteiger partial charge in [0, 0.05) is 18.0 Å². The zero-order chi connectivity index (χ0) is 16.0. The number of aryl methyl sites for hydroxylation is 1. The van der Waals surface area contributed by atoms with Gasteiger partial charge in [0.05, 0.1) is 5.39 Å². The van der Waals surface area contributed by atoms with E-state index in [-0.39, 0.29) is 0 Å². The smallest absolute Gasteiger partial charge is 0.141 e. The molecule has 0 N–H and O–H groups in total. The molecule has 2 aliphatic rings. The van der Waals surface area contributed by atoms with Gasteiger partial charge in [-0.15, -0.1) is 11.3 Å². The third kappa shape index (κ3) is 2.74. The van der Waals surface area contributed by atoms with Crippen LogP contribution in [0.2, 0.25) is 0 Å². The van der Waals surface area contributed by atoms with Crippen LogP contribution in [-0.4, -0.2) is 48.1 Å². The van der Waals surface area contributed by atoms with Gasteiger partial charge < -0.3 is 9.80 Å². The molecule has 1 aliphatic carbocycles. The lowest BCUT2D eigenvalue weighted by Crippen LogP contribution is -2.42. The summed E-state index contributed by atoms with van der Waals surface area (Å²) in [6.07, 6.45) is 7.91. The van der Waals surface area contributed by atoms with E-state index in [2.05, 4.69) is 35.8 Å². The van der Waals surface area contributed by atoms with Crippen LogP contribution >= 0.6 is 11.3 Å². The first kappa shape index (κ1) is 15.3. The SMILES string of the molecule is CC1CCc2c(sc3ncnc(N(C)C4CCN(C)CC4)c23)C1. The molecular weight excluding hydrogens is 304 g/mol. The Bertz CT molecular complexity index is 702. The standard InChI is InChI=1S/C18H26N4S/c1-12-4-5-14-15(10-12)23-18-16(14)17(19-11-20-18)22(3)13-6-8-21(2)9-7-13/h11-13H,4-10H2,1-3H3. The van der Waals surface area contributed by atoms with Gasteiger partial charge in [-0.25, -0.2) is 9.97 Å². The lowest BCUT2D eigenvalue weighted by molar-refractivity contribution is 0.252. The fraction of sp³-hybridized carbons (Fsp3) is 0.667. The van der Waals surface area contributed by atoms with Gasteiger partial charge in [-0.3, -0.25) is 0 Å². The second kappa shape index (κ2) is 6.02. The maximum Gasteiger partial charge on any atom is 0.141 e. The van der Waals surface area contributed by atoms with E-state index >= 15 is 0 Å². The molecule has 5 heteroatoms. The van der Waals surface area contributed by atoms with Crippen molar-refractivity contribution < 1.29 is 0 Å². The fourth-order valence-corrected chi connectivity index (χ4v) is 5.43. The van der Waals surface area contributed by atoms with E-state index in [9.17, 15) is 0 Å². The minimum atomic E-state index is 0.599. The quantitative estimate of drug-likeness (QED) is 0.845. The molecule has 1 fully saturated rings. The van der Waals surface area contributed by atoms with Crippen molar-refractivity contribution in [3.05, 3.63) is 16.8 Å². The molecule has 1 atom stereocenters. The number of likely N-dealkylation sites (tertiary alicyclic amines) is 1. The Morgan fingerprint density at radius 3 is 2.78 bits per heavy atom. The number of nitrogens with zero attached hydrogens (tertiary/aromatic N) is 4. The van der Waals surface area contributed by atoms with Gasteiger partial charge >= 0.3 is 0 Å². The van der Waals surface area contributed by atoms with E-state index in [1.165, 1.54) is 55.4 Å². The van der Waals surface area contributed by atoms with Crippen molar-refractivity contribution in [3.63, 3.8) is 0 Å². The van der Waals surface area contributed by atoms with Crippen LogP contribution in [-0.2, 0) is 12.8 Å². The third-order valence-corrected chi connectivity index (χ3v) is 6.80. The van der Waals surface area contributed by atoms with Crippen molar-refractivity contribution in [1.82, 2.24) is 14.9 Å². The van der Waals surface area contributed by atoms with E-state index in [0.29, 0.717) is 6.04 Å². The second-order valence-corrected chi connectivity index (χ2v) is 8.46. The molecule has 4 nitrogen and oxygen atoms in total. The largest absolute Gasteiger partial charge is 0.356 e. The normalized spacial score (nSPS) is 23.2. The molecule has 2 aromatic heterocycles. The van der Waals surface area contributed by atoms with Crippen LogP contribution in [0.4, 0.5) is 5.82 Å². The lowest BCUT2D eigenvalue weighted by atomic mass is 9.89. The summed E-state index contributed by atoms with van der Waals surface area (Å²) in [6, 6.07) is 0.599.